The van der Waals surface area contributed by atoms with E-state index in [1.54, 1.807) is 0 Å². The molecule has 0 heterocycles. The molecule has 2 rings (SSSR count). The van der Waals surface area contributed by atoms with Gasteiger partial charge >= 0.3 is 0 Å². The number of nitrogens with zero attached hydrogens (tertiary/aromatic N) is 2. The molecule has 0 aliphatic rings. The molecule has 0 spiro atoms. The zero-order valence-electron chi connectivity index (χ0n) is 15.9. The van der Waals surface area contributed by atoms with Crippen LogP contribution >= 0.6 is 0 Å². The summed E-state index contributed by atoms with van der Waals surface area (Å²) in [7, 11) is 0. The van der Waals surface area contributed by atoms with Gasteiger partial charge in [-0.25, -0.2) is 0 Å². The van der Waals surface area contributed by atoms with E-state index in [2.05, 4.69) is 53.7 Å². The van der Waals surface area contributed by atoms with E-state index in [0.29, 0.717) is 11.1 Å². The van der Waals surface area contributed by atoms with Crippen LogP contribution in [-0.2, 0) is 0 Å². The van der Waals surface area contributed by atoms with Crippen molar-refractivity contribution >= 4 is 0 Å². The van der Waals surface area contributed by atoms with Crippen molar-refractivity contribution in [2.45, 2.75) is 55.4 Å². The molecule has 0 bridgehead atoms. The first-order chi connectivity index (χ1) is 11.2. The maximum absolute atomic E-state index is 9.81. The molecule has 0 aliphatic heterocycles. The zero-order chi connectivity index (χ0) is 18.3. The van der Waals surface area contributed by atoms with Crippen LogP contribution < -0.4 is 0 Å². The van der Waals surface area contributed by atoms with Crippen LogP contribution in [-0.4, -0.2) is 0 Å². The Morgan fingerprint density at radius 3 is 1.17 bits per heavy atom. The predicted molar refractivity (Wildman–Crippen MR) is 99.2 cm³/mol. The lowest BCUT2D eigenvalue weighted by molar-refractivity contribution is 1.16. The van der Waals surface area contributed by atoms with E-state index in [0.717, 1.165) is 27.8 Å². The highest BCUT2D eigenvalue weighted by Crippen LogP contribution is 2.40. The first-order valence-corrected chi connectivity index (χ1v) is 8.20. The molecule has 2 aromatic carbocycles. The quantitative estimate of drug-likeness (QED) is 0.691. The number of hydrogen-bond donors (Lipinski definition) is 0. The second kappa shape index (κ2) is 6.14. The molecule has 0 fully saturated rings. The van der Waals surface area contributed by atoms with Crippen molar-refractivity contribution in [2.75, 3.05) is 0 Å². The molecule has 0 atom stereocenters. The van der Waals surface area contributed by atoms with Crippen molar-refractivity contribution < 1.29 is 0 Å². The fraction of sp³-hybridized carbons (Fsp3) is 0.364. The average molecular weight is 316 g/mol. The van der Waals surface area contributed by atoms with Crippen molar-refractivity contribution in [3.8, 4) is 23.3 Å². The van der Waals surface area contributed by atoms with Gasteiger partial charge in [0.05, 0.1) is 11.1 Å². The molecule has 0 N–H and O–H groups in total. The summed E-state index contributed by atoms with van der Waals surface area (Å²) in [4.78, 5) is 0. The van der Waals surface area contributed by atoms with E-state index in [4.69, 9.17) is 0 Å². The van der Waals surface area contributed by atoms with Crippen molar-refractivity contribution in [1.29, 1.82) is 10.5 Å². The Morgan fingerprint density at radius 2 is 0.750 bits per heavy atom. The van der Waals surface area contributed by atoms with Gasteiger partial charge in [0.15, 0.2) is 0 Å². The standard InChI is InChI=1S/C22H24N2/c1-11-12(2)16(6)21(17(7)13(11)3)22-18(8)14(4)15(5)19(9-23)20(22)10-24/h1-8H3. The van der Waals surface area contributed by atoms with Gasteiger partial charge in [-0.15, -0.1) is 0 Å². The van der Waals surface area contributed by atoms with Crippen LogP contribution in [0.2, 0.25) is 0 Å². The molecule has 2 aromatic rings. The molecule has 0 radical (unpaired) electrons. The maximum Gasteiger partial charge on any atom is 0.101 e. The van der Waals surface area contributed by atoms with Gasteiger partial charge in [-0.1, -0.05) is 0 Å². The molecule has 0 saturated heterocycles. The molecule has 0 amide bonds. The first kappa shape index (κ1) is 17.8. The summed E-state index contributed by atoms with van der Waals surface area (Å²) in [5, 5.41) is 19.4. The maximum atomic E-state index is 9.81. The normalized spacial score (nSPS) is 10.4. The molecular weight excluding hydrogens is 292 g/mol. The van der Waals surface area contributed by atoms with Crippen LogP contribution in [0.3, 0.4) is 0 Å². The highest BCUT2D eigenvalue weighted by Gasteiger charge is 2.23. The molecule has 0 unspecified atom stereocenters. The Hall–Kier alpha value is -2.58. The molecular formula is C22H24N2. The SMILES string of the molecule is Cc1c(C)c(C)c(-c2c(C)c(C)c(C)c(C#N)c2C#N)c(C)c1C. The summed E-state index contributed by atoms with van der Waals surface area (Å²) in [5.74, 6) is 0. The van der Waals surface area contributed by atoms with Gasteiger partial charge in [0.2, 0.25) is 0 Å². The highest BCUT2D eigenvalue weighted by atomic mass is 14.3. The topological polar surface area (TPSA) is 47.6 Å². The largest absolute Gasteiger partial charge is 0.192 e. The predicted octanol–water partition coefficient (Wildman–Crippen LogP) is 5.56. The Labute approximate surface area is 145 Å². The van der Waals surface area contributed by atoms with E-state index in [1.807, 2.05) is 13.8 Å². The lowest BCUT2D eigenvalue weighted by Crippen LogP contribution is -2.06. The summed E-state index contributed by atoms with van der Waals surface area (Å²) in [6.45, 7) is 16.7. The Balaban J connectivity index is 3.15. The summed E-state index contributed by atoms with van der Waals surface area (Å²) < 4.78 is 0. The molecule has 2 nitrogen and oxygen atoms in total. The van der Waals surface area contributed by atoms with E-state index in [1.165, 1.54) is 27.8 Å². The average Bonchev–Trinajstić information content (AvgIpc) is 2.57. The van der Waals surface area contributed by atoms with Gasteiger partial charge < -0.3 is 0 Å². The molecule has 0 aliphatic carbocycles. The van der Waals surface area contributed by atoms with Gasteiger partial charge in [-0.3, -0.25) is 0 Å². The third-order valence-corrected chi connectivity index (χ3v) is 5.85. The van der Waals surface area contributed by atoms with E-state index >= 15 is 0 Å². The first-order valence-electron chi connectivity index (χ1n) is 8.20. The summed E-state index contributed by atoms with van der Waals surface area (Å²) in [6.07, 6.45) is 0. The molecule has 0 saturated carbocycles. The minimum atomic E-state index is 0.505. The number of benzene rings is 2. The number of nitriles is 2. The molecule has 0 aromatic heterocycles. The van der Waals surface area contributed by atoms with Crippen LogP contribution in [0.15, 0.2) is 0 Å². The van der Waals surface area contributed by atoms with Crippen molar-refractivity contribution in [1.82, 2.24) is 0 Å². The summed E-state index contributed by atoms with van der Waals surface area (Å²) >= 11 is 0. The minimum Gasteiger partial charge on any atom is -0.192 e. The van der Waals surface area contributed by atoms with E-state index in [-0.39, 0.29) is 0 Å². The number of hydrogen-bond acceptors (Lipinski definition) is 2. The monoisotopic (exact) mass is 316 g/mol. The van der Waals surface area contributed by atoms with Crippen LogP contribution in [0.5, 0.6) is 0 Å². The lowest BCUT2D eigenvalue weighted by atomic mass is 9.80. The summed E-state index contributed by atoms with van der Waals surface area (Å²) in [6, 6.07) is 4.56. The third-order valence-electron chi connectivity index (χ3n) is 5.85. The fourth-order valence-electron chi connectivity index (χ4n) is 3.60. The lowest BCUT2D eigenvalue weighted by Gasteiger charge is -2.23. The summed E-state index contributed by atoms with van der Waals surface area (Å²) in [5.41, 5.74) is 12.4. The van der Waals surface area contributed by atoms with Gasteiger partial charge in [-0.05, 0) is 105 Å². The molecule has 2 heteroatoms. The molecule has 24 heavy (non-hydrogen) atoms. The van der Waals surface area contributed by atoms with Gasteiger partial charge in [0, 0.05) is 5.56 Å². The molecule has 122 valence electrons. The second-order valence-electron chi connectivity index (χ2n) is 6.72. The Kier molecular flexibility index (Phi) is 4.54. The highest BCUT2D eigenvalue weighted by molar-refractivity contribution is 5.84. The second-order valence-corrected chi connectivity index (χ2v) is 6.72. The van der Waals surface area contributed by atoms with Gasteiger partial charge in [-0.2, -0.15) is 10.5 Å². The number of rotatable bonds is 1. The van der Waals surface area contributed by atoms with Crippen molar-refractivity contribution in [3.63, 3.8) is 0 Å². The van der Waals surface area contributed by atoms with Gasteiger partial charge in [0.1, 0.15) is 12.1 Å². The van der Waals surface area contributed by atoms with Crippen molar-refractivity contribution in [2.24, 2.45) is 0 Å². The van der Waals surface area contributed by atoms with Crippen LogP contribution in [0.1, 0.15) is 55.6 Å². The van der Waals surface area contributed by atoms with Crippen molar-refractivity contribution in [3.05, 3.63) is 55.6 Å². The minimum absolute atomic E-state index is 0.505. The smallest absolute Gasteiger partial charge is 0.101 e. The zero-order valence-corrected chi connectivity index (χ0v) is 15.9. The van der Waals surface area contributed by atoms with Gasteiger partial charge in [0.25, 0.3) is 0 Å². The Bertz CT molecular complexity index is 919. The van der Waals surface area contributed by atoms with Crippen LogP contribution in [0.25, 0.3) is 11.1 Å². The van der Waals surface area contributed by atoms with E-state index in [9.17, 15) is 10.5 Å². The Morgan fingerprint density at radius 1 is 0.417 bits per heavy atom. The van der Waals surface area contributed by atoms with Crippen LogP contribution in [0.4, 0.5) is 0 Å². The van der Waals surface area contributed by atoms with Crippen LogP contribution in [0, 0.1) is 78.1 Å². The fourth-order valence-corrected chi connectivity index (χ4v) is 3.60. The third kappa shape index (κ3) is 2.31. The van der Waals surface area contributed by atoms with E-state index < -0.39 is 0 Å².